The van der Waals surface area contributed by atoms with Crippen LogP contribution >= 0.6 is 0 Å². The SMILES string of the molecule is Cc1ccc(C(=O)Nc2ccc(C3=NNC(=O)CC3)cc2)nc1. The molecule has 1 aliphatic heterocycles. The molecule has 0 saturated carbocycles. The van der Waals surface area contributed by atoms with Crippen LogP contribution < -0.4 is 10.7 Å². The first-order valence-electron chi connectivity index (χ1n) is 7.32. The second kappa shape index (κ2) is 6.39. The van der Waals surface area contributed by atoms with Crippen LogP contribution in [0.3, 0.4) is 0 Å². The average Bonchev–Trinajstić information content (AvgIpc) is 2.57. The molecule has 1 aliphatic rings. The summed E-state index contributed by atoms with van der Waals surface area (Å²) in [7, 11) is 0. The van der Waals surface area contributed by atoms with Gasteiger partial charge in [-0.1, -0.05) is 18.2 Å². The molecule has 2 N–H and O–H groups in total. The molecule has 1 aromatic heterocycles. The Kier molecular flexibility index (Phi) is 4.14. The van der Waals surface area contributed by atoms with Crippen LogP contribution in [0.1, 0.15) is 34.5 Å². The van der Waals surface area contributed by atoms with E-state index in [1.54, 1.807) is 24.4 Å². The Morgan fingerprint density at radius 2 is 1.91 bits per heavy atom. The highest BCUT2D eigenvalue weighted by Crippen LogP contribution is 2.15. The zero-order valence-corrected chi connectivity index (χ0v) is 12.7. The number of rotatable bonds is 3. The lowest BCUT2D eigenvalue weighted by atomic mass is 10.0. The molecule has 0 bridgehead atoms. The minimum absolute atomic E-state index is 0.0665. The summed E-state index contributed by atoms with van der Waals surface area (Å²) in [5.74, 6) is -0.316. The van der Waals surface area contributed by atoms with Gasteiger partial charge in [-0.05, 0) is 36.2 Å². The first-order valence-corrected chi connectivity index (χ1v) is 7.32. The average molecular weight is 308 g/mol. The van der Waals surface area contributed by atoms with Gasteiger partial charge in [0.25, 0.3) is 5.91 Å². The van der Waals surface area contributed by atoms with Crippen LogP contribution in [-0.4, -0.2) is 22.5 Å². The van der Waals surface area contributed by atoms with E-state index < -0.39 is 0 Å². The number of anilines is 1. The number of nitrogens with one attached hydrogen (secondary N) is 2. The predicted molar refractivity (Wildman–Crippen MR) is 87.3 cm³/mol. The Morgan fingerprint density at radius 3 is 2.52 bits per heavy atom. The molecule has 1 aromatic carbocycles. The number of hydrogen-bond acceptors (Lipinski definition) is 4. The van der Waals surface area contributed by atoms with Crippen molar-refractivity contribution in [3.63, 3.8) is 0 Å². The summed E-state index contributed by atoms with van der Waals surface area (Å²) >= 11 is 0. The standard InChI is InChI=1S/C17H16N4O2/c1-11-2-7-15(18-10-11)17(23)19-13-5-3-12(4-6-13)14-8-9-16(22)21-20-14/h2-7,10H,8-9H2,1H3,(H,19,23)(H,21,22). The lowest BCUT2D eigenvalue weighted by molar-refractivity contribution is -0.121. The van der Waals surface area contributed by atoms with Gasteiger partial charge in [0, 0.05) is 24.7 Å². The molecular weight excluding hydrogens is 292 g/mol. The van der Waals surface area contributed by atoms with Gasteiger partial charge in [-0.2, -0.15) is 5.10 Å². The van der Waals surface area contributed by atoms with Crippen LogP contribution in [0.4, 0.5) is 5.69 Å². The Labute approximate surface area is 133 Å². The van der Waals surface area contributed by atoms with Crippen LogP contribution in [0.5, 0.6) is 0 Å². The molecule has 116 valence electrons. The maximum atomic E-state index is 12.1. The summed E-state index contributed by atoms with van der Waals surface area (Å²) in [6.07, 6.45) is 2.72. The molecule has 0 saturated heterocycles. The van der Waals surface area contributed by atoms with Gasteiger partial charge >= 0.3 is 0 Å². The molecule has 0 atom stereocenters. The predicted octanol–water partition coefficient (Wildman–Crippen LogP) is 2.26. The third kappa shape index (κ3) is 3.60. The fraction of sp³-hybridized carbons (Fsp3) is 0.176. The topological polar surface area (TPSA) is 83.5 Å². The second-order valence-corrected chi connectivity index (χ2v) is 5.35. The highest BCUT2D eigenvalue weighted by molar-refractivity contribution is 6.05. The normalized spacial score (nSPS) is 14.0. The van der Waals surface area contributed by atoms with Crippen molar-refractivity contribution in [2.24, 2.45) is 5.10 Å². The number of hydrogen-bond donors (Lipinski definition) is 2. The lowest BCUT2D eigenvalue weighted by Gasteiger charge is -2.12. The van der Waals surface area contributed by atoms with E-state index in [2.05, 4.69) is 20.8 Å². The third-order valence-electron chi connectivity index (χ3n) is 3.52. The van der Waals surface area contributed by atoms with Crippen molar-refractivity contribution in [1.82, 2.24) is 10.4 Å². The molecule has 6 heteroatoms. The van der Waals surface area contributed by atoms with Crippen LogP contribution in [0.2, 0.25) is 0 Å². The molecule has 2 aromatic rings. The highest BCUT2D eigenvalue weighted by atomic mass is 16.2. The van der Waals surface area contributed by atoms with E-state index in [-0.39, 0.29) is 11.8 Å². The minimum Gasteiger partial charge on any atom is -0.321 e. The maximum Gasteiger partial charge on any atom is 0.274 e. The summed E-state index contributed by atoms with van der Waals surface area (Å²) in [6.45, 7) is 1.92. The molecule has 0 aliphatic carbocycles. The summed E-state index contributed by atoms with van der Waals surface area (Å²) in [6, 6.07) is 10.9. The van der Waals surface area contributed by atoms with Gasteiger partial charge in [0.1, 0.15) is 5.69 Å². The van der Waals surface area contributed by atoms with E-state index >= 15 is 0 Å². The van der Waals surface area contributed by atoms with E-state index in [1.807, 2.05) is 25.1 Å². The van der Waals surface area contributed by atoms with Gasteiger partial charge in [0.15, 0.2) is 0 Å². The van der Waals surface area contributed by atoms with Gasteiger partial charge in [-0.15, -0.1) is 0 Å². The summed E-state index contributed by atoms with van der Waals surface area (Å²) < 4.78 is 0. The molecule has 23 heavy (non-hydrogen) atoms. The maximum absolute atomic E-state index is 12.1. The molecule has 0 spiro atoms. The number of aryl methyl sites for hydroxylation is 1. The first kappa shape index (κ1) is 14.9. The molecule has 2 heterocycles. The van der Waals surface area contributed by atoms with Crippen molar-refractivity contribution >= 4 is 23.2 Å². The van der Waals surface area contributed by atoms with E-state index in [0.717, 1.165) is 16.8 Å². The number of aromatic nitrogens is 1. The summed E-state index contributed by atoms with van der Waals surface area (Å²) in [4.78, 5) is 27.3. The Balaban J connectivity index is 1.69. The van der Waals surface area contributed by atoms with E-state index in [9.17, 15) is 9.59 Å². The summed E-state index contributed by atoms with van der Waals surface area (Å²) in [5.41, 5.74) is 6.30. The number of pyridine rings is 1. The smallest absolute Gasteiger partial charge is 0.274 e. The largest absolute Gasteiger partial charge is 0.321 e. The van der Waals surface area contributed by atoms with Crippen molar-refractivity contribution in [2.45, 2.75) is 19.8 Å². The van der Waals surface area contributed by atoms with Gasteiger partial charge in [-0.25, -0.2) is 5.43 Å². The Bertz CT molecular complexity index is 764. The number of nitrogens with zero attached hydrogens (tertiary/aromatic N) is 2. The van der Waals surface area contributed by atoms with Gasteiger partial charge in [0.2, 0.25) is 5.91 Å². The monoisotopic (exact) mass is 308 g/mol. The van der Waals surface area contributed by atoms with Crippen molar-refractivity contribution in [1.29, 1.82) is 0 Å². The second-order valence-electron chi connectivity index (χ2n) is 5.35. The van der Waals surface area contributed by atoms with Gasteiger partial charge < -0.3 is 5.32 Å². The third-order valence-corrected chi connectivity index (χ3v) is 3.52. The number of benzene rings is 1. The van der Waals surface area contributed by atoms with E-state index in [1.165, 1.54) is 0 Å². The molecule has 6 nitrogen and oxygen atoms in total. The fourth-order valence-corrected chi connectivity index (χ4v) is 2.23. The summed E-state index contributed by atoms with van der Waals surface area (Å²) in [5, 5.41) is 6.85. The number of carbonyl (C=O) groups is 2. The molecule has 0 unspecified atom stereocenters. The quantitative estimate of drug-likeness (QED) is 0.912. The molecule has 0 radical (unpaired) electrons. The Morgan fingerprint density at radius 1 is 1.13 bits per heavy atom. The zero-order valence-electron chi connectivity index (χ0n) is 12.7. The van der Waals surface area contributed by atoms with Crippen molar-refractivity contribution < 1.29 is 9.59 Å². The van der Waals surface area contributed by atoms with Crippen molar-refractivity contribution in [3.8, 4) is 0 Å². The van der Waals surface area contributed by atoms with Crippen LogP contribution in [0, 0.1) is 6.92 Å². The zero-order chi connectivity index (χ0) is 16.2. The first-order chi connectivity index (χ1) is 11.1. The highest BCUT2D eigenvalue weighted by Gasteiger charge is 2.13. The van der Waals surface area contributed by atoms with Crippen molar-refractivity contribution in [2.75, 3.05) is 5.32 Å². The van der Waals surface area contributed by atoms with Crippen LogP contribution in [0.25, 0.3) is 0 Å². The van der Waals surface area contributed by atoms with Gasteiger partial charge in [0.05, 0.1) is 5.71 Å². The van der Waals surface area contributed by atoms with E-state index in [0.29, 0.717) is 24.2 Å². The fourth-order valence-electron chi connectivity index (χ4n) is 2.23. The number of carbonyl (C=O) groups excluding carboxylic acids is 2. The number of amides is 2. The molecule has 3 rings (SSSR count). The van der Waals surface area contributed by atoms with Gasteiger partial charge in [-0.3, -0.25) is 14.6 Å². The molecule has 0 fully saturated rings. The minimum atomic E-state index is -0.250. The molecular formula is C17H16N4O2. The van der Waals surface area contributed by atoms with E-state index in [4.69, 9.17) is 0 Å². The van der Waals surface area contributed by atoms with Crippen LogP contribution in [-0.2, 0) is 4.79 Å². The number of hydrazone groups is 1. The Hall–Kier alpha value is -3.02. The van der Waals surface area contributed by atoms with Crippen LogP contribution in [0.15, 0.2) is 47.7 Å². The molecule has 2 amide bonds. The lowest BCUT2D eigenvalue weighted by Crippen LogP contribution is -2.25. The van der Waals surface area contributed by atoms with Crippen molar-refractivity contribution in [3.05, 3.63) is 59.4 Å².